The molecule has 0 radical (unpaired) electrons. The average molecular weight is 406 g/mol. The number of rotatable bonds is 5. The summed E-state index contributed by atoms with van der Waals surface area (Å²) >= 11 is 2.89. The third-order valence-electron chi connectivity index (χ3n) is 4.37. The van der Waals surface area contributed by atoms with Gasteiger partial charge in [0, 0.05) is 16.3 Å². The minimum Gasteiger partial charge on any atom is -0.301 e. The zero-order valence-corrected chi connectivity index (χ0v) is 17.2. The van der Waals surface area contributed by atoms with E-state index in [4.69, 9.17) is 0 Å². The van der Waals surface area contributed by atoms with Gasteiger partial charge in [-0.15, -0.1) is 11.3 Å². The lowest BCUT2D eigenvalue weighted by atomic mass is 10.1. The molecule has 0 fully saturated rings. The second kappa shape index (κ2) is 8.12. The molecule has 2 aromatic heterocycles. The number of thioether (sulfide) groups is 1. The van der Waals surface area contributed by atoms with Crippen LogP contribution in [0.5, 0.6) is 0 Å². The topological polar surface area (TPSA) is 54.9 Å². The molecular formula is C22H19N3OS2. The first-order valence-electron chi connectivity index (χ1n) is 8.95. The van der Waals surface area contributed by atoms with Gasteiger partial charge in [0.1, 0.15) is 0 Å². The van der Waals surface area contributed by atoms with Crippen molar-refractivity contribution in [2.75, 3.05) is 5.32 Å². The summed E-state index contributed by atoms with van der Waals surface area (Å²) in [5, 5.41) is 7.20. The molecule has 0 saturated heterocycles. The van der Waals surface area contributed by atoms with Crippen molar-refractivity contribution >= 4 is 45.0 Å². The lowest BCUT2D eigenvalue weighted by molar-refractivity contribution is -0.115. The van der Waals surface area contributed by atoms with Crippen molar-refractivity contribution in [1.82, 2.24) is 9.97 Å². The summed E-state index contributed by atoms with van der Waals surface area (Å²) in [4.78, 5) is 21.8. The molecule has 0 aliphatic rings. The first kappa shape index (κ1) is 18.7. The van der Waals surface area contributed by atoms with Crippen LogP contribution in [0.1, 0.15) is 12.5 Å². The van der Waals surface area contributed by atoms with Crippen LogP contribution in [0.25, 0.3) is 22.2 Å². The highest BCUT2D eigenvalue weighted by atomic mass is 32.2. The third kappa shape index (κ3) is 4.08. The van der Waals surface area contributed by atoms with Gasteiger partial charge in [0.05, 0.1) is 21.5 Å². The predicted molar refractivity (Wildman–Crippen MR) is 118 cm³/mol. The maximum absolute atomic E-state index is 12.6. The van der Waals surface area contributed by atoms with Gasteiger partial charge in [-0.2, -0.15) is 0 Å². The van der Waals surface area contributed by atoms with Crippen LogP contribution in [0.2, 0.25) is 0 Å². The van der Waals surface area contributed by atoms with E-state index < -0.39 is 0 Å². The number of pyridine rings is 1. The molecule has 1 amide bonds. The number of hydrogen-bond donors (Lipinski definition) is 1. The van der Waals surface area contributed by atoms with E-state index in [0.717, 1.165) is 32.7 Å². The summed E-state index contributed by atoms with van der Waals surface area (Å²) in [6.07, 6.45) is 0. The number of aryl methyl sites for hydroxylation is 1. The smallest absolute Gasteiger partial charge is 0.239 e. The number of anilines is 1. The molecule has 2 aromatic carbocycles. The van der Waals surface area contributed by atoms with E-state index in [-0.39, 0.29) is 11.2 Å². The van der Waals surface area contributed by atoms with Gasteiger partial charge in [-0.05, 0) is 31.5 Å². The second-order valence-corrected chi connectivity index (χ2v) is 8.67. The van der Waals surface area contributed by atoms with Gasteiger partial charge >= 0.3 is 0 Å². The standard InChI is InChI=1S/C22H19N3OS2/c1-14-12-20(23-18-11-7-6-10-17(14)18)28-15(2)21(26)25-22-24-19(13-27-22)16-8-4-3-5-9-16/h3-13,15H,1-2H3,(H,24,25,26). The number of benzene rings is 2. The lowest BCUT2D eigenvalue weighted by Crippen LogP contribution is -2.22. The first-order chi connectivity index (χ1) is 13.6. The molecular weight excluding hydrogens is 386 g/mol. The lowest BCUT2D eigenvalue weighted by Gasteiger charge is -2.11. The number of thiazole rings is 1. The van der Waals surface area contributed by atoms with Crippen LogP contribution >= 0.6 is 23.1 Å². The number of carbonyl (C=O) groups is 1. The molecule has 28 heavy (non-hydrogen) atoms. The molecule has 0 aliphatic carbocycles. The summed E-state index contributed by atoms with van der Waals surface area (Å²) < 4.78 is 0. The molecule has 1 atom stereocenters. The monoisotopic (exact) mass is 405 g/mol. The Balaban J connectivity index is 1.45. The van der Waals surface area contributed by atoms with Crippen LogP contribution in [0.4, 0.5) is 5.13 Å². The fourth-order valence-electron chi connectivity index (χ4n) is 2.89. The van der Waals surface area contributed by atoms with E-state index in [1.165, 1.54) is 23.1 Å². The summed E-state index contributed by atoms with van der Waals surface area (Å²) in [6.45, 7) is 3.96. The van der Waals surface area contributed by atoms with Gasteiger partial charge < -0.3 is 5.32 Å². The van der Waals surface area contributed by atoms with Crippen molar-refractivity contribution in [3.63, 3.8) is 0 Å². The molecule has 4 nitrogen and oxygen atoms in total. The fourth-order valence-corrected chi connectivity index (χ4v) is 4.54. The molecule has 2 heterocycles. The Morgan fingerprint density at radius 2 is 1.82 bits per heavy atom. The highest BCUT2D eigenvalue weighted by Gasteiger charge is 2.17. The van der Waals surface area contributed by atoms with Gasteiger partial charge in [0.25, 0.3) is 0 Å². The highest BCUT2D eigenvalue weighted by molar-refractivity contribution is 8.00. The molecule has 0 saturated carbocycles. The number of carbonyl (C=O) groups excluding carboxylic acids is 1. The number of aromatic nitrogens is 2. The number of hydrogen-bond acceptors (Lipinski definition) is 5. The maximum Gasteiger partial charge on any atom is 0.239 e. The Bertz CT molecular complexity index is 1130. The zero-order valence-electron chi connectivity index (χ0n) is 15.5. The van der Waals surface area contributed by atoms with Crippen molar-refractivity contribution in [3.05, 3.63) is 71.6 Å². The molecule has 0 bridgehead atoms. The summed E-state index contributed by atoms with van der Waals surface area (Å²) in [7, 11) is 0. The van der Waals surface area contributed by atoms with Crippen molar-refractivity contribution in [2.45, 2.75) is 24.1 Å². The van der Waals surface area contributed by atoms with Crippen molar-refractivity contribution < 1.29 is 4.79 Å². The average Bonchev–Trinajstić information content (AvgIpc) is 3.17. The van der Waals surface area contributed by atoms with Crippen molar-refractivity contribution in [1.29, 1.82) is 0 Å². The van der Waals surface area contributed by atoms with E-state index in [1.54, 1.807) is 0 Å². The van der Waals surface area contributed by atoms with Crippen LogP contribution < -0.4 is 5.32 Å². The number of nitrogens with one attached hydrogen (secondary N) is 1. The Kier molecular flexibility index (Phi) is 5.41. The predicted octanol–water partition coefficient (Wildman–Crippen LogP) is 5.79. The van der Waals surface area contributed by atoms with Crippen LogP contribution in [-0.4, -0.2) is 21.1 Å². The highest BCUT2D eigenvalue weighted by Crippen LogP contribution is 2.28. The van der Waals surface area contributed by atoms with E-state index in [1.807, 2.05) is 66.9 Å². The Hall–Kier alpha value is -2.70. The summed E-state index contributed by atoms with van der Waals surface area (Å²) in [6, 6.07) is 20.0. The number of nitrogens with zero attached hydrogens (tertiary/aromatic N) is 2. The first-order valence-corrected chi connectivity index (χ1v) is 10.7. The summed E-state index contributed by atoms with van der Waals surface area (Å²) in [5.41, 5.74) is 4.02. The Morgan fingerprint density at radius 1 is 1.07 bits per heavy atom. The van der Waals surface area contributed by atoms with E-state index in [2.05, 4.69) is 28.3 Å². The third-order valence-corrected chi connectivity index (χ3v) is 6.15. The molecule has 140 valence electrons. The molecule has 6 heteroatoms. The van der Waals surface area contributed by atoms with Crippen LogP contribution in [-0.2, 0) is 4.79 Å². The van der Waals surface area contributed by atoms with Crippen LogP contribution in [0.3, 0.4) is 0 Å². The SMILES string of the molecule is Cc1cc(SC(C)C(=O)Nc2nc(-c3ccccc3)cs2)nc2ccccc12. The van der Waals surface area contributed by atoms with Gasteiger partial charge in [-0.3, -0.25) is 4.79 Å². The van der Waals surface area contributed by atoms with Gasteiger partial charge in [-0.25, -0.2) is 9.97 Å². The Morgan fingerprint density at radius 3 is 2.64 bits per heavy atom. The molecule has 0 aliphatic heterocycles. The molecule has 4 aromatic rings. The van der Waals surface area contributed by atoms with Crippen LogP contribution in [0, 0.1) is 6.92 Å². The van der Waals surface area contributed by atoms with Gasteiger partial charge in [0.15, 0.2) is 5.13 Å². The number of fused-ring (bicyclic) bond motifs is 1. The van der Waals surface area contributed by atoms with E-state index >= 15 is 0 Å². The minimum atomic E-state index is -0.280. The second-order valence-electron chi connectivity index (χ2n) is 6.45. The number of para-hydroxylation sites is 1. The minimum absolute atomic E-state index is 0.0772. The number of amides is 1. The van der Waals surface area contributed by atoms with E-state index in [0.29, 0.717) is 5.13 Å². The molecule has 4 rings (SSSR count). The molecule has 1 unspecified atom stereocenters. The van der Waals surface area contributed by atoms with Gasteiger partial charge in [0.2, 0.25) is 5.91 Å². The normalized spacial score (nSPS) is 12.1. The summed E-state index contributed by atoms with van der Waals surface area (Å²) in [5.74, 6) is -0.0772. The Labute approximate surface area is 172 Å². The van der Waals surface area contributed by atoms with Crippen molar-refractivity contribution in [3.8, 4) is 11.3 Å². The molecule has 0 spiro atoms. The molecule has 1 N–H and O–H groups in total. The zero-order chi connectivity index (χ0) is 19.5. The van der Waals surface area contributed by atoms with Gasteiger partial charge in [-0.1, -0.05) is 60.3 Å². The fraction of sp³-hybridized carbons (Fsp3) is 0.136. The van der Waals surface area contributed by atoms with E-state index in [9.17, 15) is 4.79 Å². The van der Waals surface area contributed by atoms with Crippen molar-refractivity contribution in [2.24, 2.45) is 0 Å². The quantitative estimate of drug-likeness (QED) is 0.427. The largest absolute Gasteiger partial charge is 0.301 e. The van der Waals surface area contributed by atoms with Crippen LogP contribution in [0.15, 0.2) is 71.1 Å². The maximum atomic E-state index is 12.6.